The molecule has 3 aromatic carbocycles. The Labute approximate surface area is 249 Å². The van der Waals surface area contributed by atoms with Crippen LogP contribution in [0.5, 0.6) is 5.75 Å². The molecule has 0 radical (unpaired) electrons. The van der Waals surface area contributed by atoms with Gasteiger partial charge in [0.05, 0.1) is 34.9 Å². The van der Waals surface area contributed by atoms with Crippen LogP contribution < -0.4 is 4.74 Å². The van der Waals surface area contributed by atoms with E-state index < -0.39 is 17.7 Å². The molecule has 0 spiro atoms. The van der Waals surface area contributed by atoms with Gasteiger partial charge in [-0.3, -0.25) is 14.5 Å². The molecule has 3 aromatic rings. The number of carbonyl (C=O) groups excluding carboxylic acids is 2. The number of aryl methyl sites for hydroxylation is 1. The van der Waals surface area contributed by atoms with Gasteiger partial charge in [-0.05, 0) is 60.4 Å². The SMILES string of the molecule is Cc1cc(OCc2ccccc2)ccc1C(O)=C1C(=O)C(=O)N(CCCN2CCOCC2)[C@@H]1c1ccc(Cl)c(Cl)c1. The topological polar surface area (TPSA) is 79.3 Å². The summed E-state index contributed by atoms with van der Waals surface area (Å²) >= 11 is 12.5. The zero-order valence-corrected chi connectivity index (χ0v) is 24.3. The van der Waals surface area contributed by atoms with Crippen molar-refractivity contribution in [1.29, 1.82) is 0 Å². The molecule has 0 unspecified atom stereocenters. The Morgan fingerprint density at radius 1 is 0.976 bits per heavy atom. The van der Waals surface area contributed by atoms with Gasteiger partial charge in [-0.25, -0.2) is 0 Å². The molecule has 2 heterocycles. The van der Waals surface area contributed by atoms with Gasteiger partial charge in [-0.2, -0.15) is 0 Å². The zero-order valence-electron chi connectivity index (χ0n) is 22.8. The Bertz CT molecular complexity index is 1450. The van der Waals surface area contributed by atoms with Crippen molar-refractivity contribution in [1.82, 2.24) is 9.80 Å². The minimum Gasteiger partial charge on any atom is -0.507 e. The number of Topliss-reactive ketones (excluding diaryl/α,β-unsaturated/α-hetero) is 1. The second kappa shape index (κ2) is 13.1. The lowest BCUT2D eigenvalue weighted by Gasteiger charge is -2.29. The van der Waals surface area contributed by atoms with Crippen LogP contribution in [0.2, 0.25) is 10.0 Å². The summed E-state index contributed by atoms with van der Waals surface area (Å²) < 4.78 is 11.4. The molecule has 1 N–H and O–H groups in total. The maximum Gasteiger partial charge on any atom is 0.295 e. The summed E-state index contributed by atoms with van der Waals surface area (Å²) in [4.78, 5) is 30.6. The standard InChI is InChI=1S/C32H32Cl2N2O5/c1-21-18-24(41-20-22-6-3-2-4-7-22)9-10-25(21)30(37)28-29(23-8-11-26(33)27(34)19-23)36(32(39)31(28)38)13-5-12-35-14-16-40-17-15-35/h2-4,6-11,18-19,29,37H,5,12-17,20H2,1H3/t29-/m1/s1. The number of likely N-dealkylation sites (tertiary alicyclic amines) is 1. The van der Waals surface area contributed by atoms with Crippen molar-refractivity contribution in [2.45, 2.75) is 26.0 Å². The summed E-state index contributed by atoms with van der Waals surface area (Å²) in [5, 5.41) is 12.2. The smallest absolute Gasteiger partial charge is 0.295 e. The minimum atomic E-state index is -0.803. The maximum absolute atomic E-state index is 13.4. The molecule has 214 valence electrons. The lowest BCUT2D eigenvalue weighted by molar-refractivity contribution is -0.140. The molecule has 41 heavy (non-hydrogen) atoms. The first-order chi connectivity index (χ1) is 19.8. The molecule has 9 heteroatoms. The molecule has 2 aliphatic heterocycles. The lowest BCUT2D eigenvalue weighted by atomic mass is 9.94. The van der Waals surface area contributed by atoms with E-state index in [9.17, 15) is 14.7 Å². The number of hydrogen-bond acceptors (Lipinski definition) is 6. The van der Waals surface area contributed by atoms with E-state index in [4.69, 9.17) is 32.7 Å². The molecule has 2 fully saturated rings. The summed E-state index contributed by atoms with van der Waals surface area (Å²) in [5.74, 6) is -0.978. The van der Waals surface area contributed by atoms with E-state index in [1.165, 1.54) is 4.90 Å². The van der Waals surface area contributed by atoms with Crippen LogP contribution in [0, 0.1) is 6.92 Å². The van der Waals surface area contributed by atoms with Crippen molar-refractivity contribution in [3.8, 4) is 5.75 Å². The van der Waals surface area contributed by atoms with E-state index in [0.29, 0.717) is 65.3 Å². The third-order valence-corrected chi connectivity index (χ3v) is 8.22. The van der Waals surface area contributed by atoms with Crippen LogP contribution in [0.15, 0.2) is 72.3 Å². The van der Waals surface area contributed by atoms with E-state index in [2.05, 4.69) is 4.90 Å². The Morgan fingerprint density at radius 2 is 1.73 bits per heavy atom. The van der Waals surface area contributed by atoms with Gasteiger partial charge in [0, 0.05) is 31.7 Å². The molecule has 0 bridgehead atoms. The quantitative estimate of drug-likeness (QED) is 0.185. The molecule has 2 aliphatic rings. The largest absolute Gasteiger partial charge is 0.507 e. The summed E-state index contributed by atoms with van der Waals surface area (Å²) in [6, 6.07) is 19.3. The third-order valence-electron chi connectivity index (χ3n) is 7.48. The number of benzene rings is 3. The Morgan fingerprint density at radius 3 is 2.44 bits per heavy atom. The Hall–Kier alpha value is -3.36. The number of ether oxygens (including phenoxy) is 2. The third kappa shape index (κ3) is 6.60. The van der Waals surface area contributed by atoms with Crippen LogP contribution in [0.25, 0.3) is 5.76 Å². The summed E-state index contributed by atoms with van der Waals surface area (Å²) in [5.41, 5.74) is 2.83. The molecular weight excluding hydrogens is 563 g/mol. The van der Waals surface area contributed by atoms with Crippen LogP contribution in [-0.4, -0.2) is 66.0 Å². The predicted molar refractivity (Wildman–Crippen MR) is 159 cm³/mol. The first kappa shape index (κ1) is 29.1. The Kier molecular flexibility index (Phi) is 9.30. The Balaban J connectivity index is 1.44. The van der Waals surface area contributed by atoms with Crippen LogP contribution in [-0.2, 0) is 20.9 Å². The maximum atomic E-state index is 13.4. The second-order valence-electron chi connectivity index (χ2n) is 10.2. The molecule has 1 atom stereocenters. The highest BCUT2D eigenvalue weighted by atomic mass is 35.5. The van der Waals surface area contributed by atoms with E-state index in [-0.39, 0.29) is 11.3 Å². The number of rotatable bonds is 9. The number of carbonyl (C=O) groups is 2. The van der Waals surface area contributed by atoms with Gasteiger partial charge >= 0.3 is 0 Å². The van der Waals surface area contributed by atoms with Crippen molar-refractivity contribution in [3.05, 3.63) is 105 Å². The molecule has 2 saturated heterocycles. The number of aliphatic hydroxyl groups is 1. The fourth-order valence-electron chi connectivity index (χ4n) is 5.31. The van der Waals surface area contributed by atoms with Crippen LogP contribution in [0.4, 0.5) is 0 Å². The predicted octanol–water partition coefficient (Wildman–Crippen LogP) is 6.02. The first-order valence-electron chi connectivity index (χ1n) is 13.6. The fraction of sp³-hybridized carbons (Fsp3) is 0.312. The van der Waals surface area contributed by atoms with Gasteiger partial charge in [0.25, 0.3) is 11.7 Å². The van der Waals surface area contributed by atoms with Crippen LogP contribution in [0.3, 0.4) is 0 Å². The number of nitrogens with zero attached hydrogens (tertiary/aromatic N) is 2. The molecule has 0 saturated carbocycles. The average Bonchev–Trinajstić information content (AvgIpc) is 3.23. The van der Waals surface area contributed by atoms with Crippen molar-refractivity contribution >= 4 is 40.7 Å². The summed E-state index contributed by atoms with van der Waals surface area (Å²) in [7, 11) is 0. The highest BCUT2D eigenvalue weighted by Crippen LogP contribution is 2.41. The van der Waals surface area contributed by atoms with Crippen molar-refractivity contribution < 1.29 is 24.2 Å². The normalized spacial score (nSPS) is 19.1. The molecule has 5 rings (SSSR count). The highest BCUT2D eigenvalue weighted by Gasteiger charge is 2.46. The van der Waals surface area contributed by atoms with E-state index >= 15 is 0 Å². The van der Waals surface area contributed by atoms with Gasteiger partial charge in [0.2, 0.25) is 0 Å². The fourth-order valence-corrected chi connectivity index (χ4v) is 5.61. The highest BCUT2D eigenvalue weighted by molar-refractivity contribution is 6.47. The van der Waals surface area contributed by atoms with Gasteiger partial charge in [0.1, 0.15) is 18.1 Å². The molecular formula is C32H32Cl2N2O5. The number of morpholine rings is 1. The zero-order chi connectivity index (χ0) is 28.9. The average molecular weight is 596 g/mol. The number of amides is 1. The minimum absolute atomic E-state index is 0.0285. The first-order valence-corrected chi connectivity index (χ1v) is 14.4. The monoisotopic (exact) mass is 594 g/mol. The molecule has 7 nitrogen and oxygen atoms in total. The van der Waals surface area contributed by atoms with E-state index in [1.54, 1.807) is 30.3 Å². The van der Waals surface area contributed by atoms with Gasteiger partial charge in [-0.1, -0.05) is 59.6 Å². The molecule has 1 amide bonds. The van der Waals surface area contributed by atoms with Gasteiger partial charge in [-0.15, -0.1) is 0 Å². The van der Waals surface area contributed by atoms with Gasteiger partial charge < -0.3 is 19.5 Å². The van der Waals surface area contributed by atoms with Crippen molar-refractivity contribution in [2.24, 2.45) is 0 Å². The van der Waals surface area contributed by atoms with Crippen LogP contribution in [0.1, 0.15) is 34.7 Å². The van der Waals surface area contributed by atoms with Crippen LogP contribution >= 0.6 is 23.2 Å². The van der Waals surface area contributed by atoms with Gasteiger partial charge in [0.15, 0.2) is 0 Å². The number of ketones is 1. The summed E-state index contributed by atoms with van der Waals surface area (Å²) in [6.07, 6.45) is 0.664. The van der Waals surface area contributed by atoms with Crippen molar-refractivity contribution in [2.75, 3.05) is 39.4 Å². The number of aliphatic hydroxyl groups excluding tert-OH is 1. The van der Waals surface area contributed by atoms with E-state index in [1.807, 2.05) is 43.3 Å². The number of halogens is 2. The lowest BCUT2D eigenvalue weighted by Crippen LogP contribution is -2.38. The van der Waals surface area contributed by atoms with Crippen molar-refractivity contribution in [3.63, 3.8) is 0 Å². The summed E-state index contributed by atoms with van der Waals surface area (Å²) in [6.45, 7) is 6.37. The molecule has 0 aliphatic carbocycles. The number of hydrogen-bond donors (Lipinski definition) is 1. The van der Waals surface area contributed by atoms with E-state index in [0.717, 1.165) is 25.2 Å². The second-order valence-corrected chi connectivity index (χ2v) is 11.0. The molecule has 0 aromatic heterocycles.